The molecule has 4 heteroatoms. The van der Waals surface area contributed by atoms with Gasteiger partial charge in [-0.05, 0) is 63.8 Å². The summed E-state index contributed by atoms with van der Waals surface area (Å²) in [4.78, 5) is 25.2. The Labute approximate surface area is 192 Å². The van der Waals surface area contributed by atoms with Crippen LogP contribution in [-0.4, -0.2) is 23.8 Å². The van der Waals surface area contributed by atoms with Crippen molar-refractivity contribution in [1.82, 2.24) is 0 Å². The van der Waals surface area contributed by atoms with E-state index in [0.29, 0.717) is 17.0 Å². The molecule has 0 aromatic heterocycles. The van der Waals surface area contributed by atoms with Crippen LogP contribution in [0.25, 0.3) is 0 Å². The van der Waals surface area contributed by atoms with Crippen molar-refractivity contribution in [3.63, 3.8) is 0 Å². The fraction of sp³-hybridized carbons (Fsp3) is 0.308. The van der Waals surface area contributed by atoms with Gasteiger partial charge in [0.1, 0.15) is 0 Å². The molecule has 0 aliphatic rings. The summed E-state index contributed by atoms with van der Waals surface area (Å²) < 4.78 is 0. The van der Waals surface area contributed by atoms with Gasteiger partial charge in [0, 0.05) is 23.4 Å². The van der Waals surface area contributed by atoms with Crippen LogP contribution < -0.4 is 0 Å². The summed E-state index contributed by atoms with van der Waals surface area (Å²) >= 11 is 10.4. The molecule has 0 aliphatic carbocycles. The number of alkyl halides is 2. The van der Waals surface area contributed by atoms with Crippen molar-refractivity contribution < 1.29 is 9.59 Å². The van der Waals surface area contributed by atoms with E-state index < -0.39 is 0 Å². The van der Waals surface area contributed by atoms with Gasteiger partial charge in [-0.1, -0.05) is 61.3 Å². The van der Waals surface area contributed by atoms with Crippen LogP contribution in [0.3, 0.4) is 0 Å². The van der Waals surface area contributed by atoms with Crippen LogP contribution in [0.15, 0.2) is 94.7 Å². The molecule has 30 heavy (non-hydrogen) atoms. The van der Waals surface area contributed by atoms with Crippen molar-refractivity contribution in [3.8, 4) is 0 Å². The summed E-state index contributed by atoms with van der Waals surface area (Å²) in [7, 11) is 0. The Morgan fingerprint density at radius 3 is 1.53 bits per heavy atom. The first kappa shape index (κ1) is 30.0. The van der Waals surface area contributed by atoms with E-state index in [1.165, 1.54) is 20.2 Å². The maximum Gasteiger partial charge on any atom is 0.160 e. The summed E-state index contributed by atoms with van der Waals surface area (Å²) in [5.41, 5.74) is 3.89. The van der Waals surface area contributed by atoms with Gasteiger partial charge < -0.3 is 0 Å². The van der Waals surface area contributed by atoms with Crippen molar-refractivity contribution in [2.75, 3.05) is 12.3 Å². The fourth-order valence-corrected chi connectivity index (χ4v) is 2.86. The Hall–Kier alpha value is -2.16. The molecule has 0 saturated heterocycles. The molecular weight excluding hydrogens is 415 g/mol. The number of allylic oxidation sites excluding steroid dienone is 15. The number of hydrogen-bond acceptors (Lipinski definition) is 2. The van der Waals surface area contributed by atoms with E-state index in [0.717, 1.165) is 22.3 Å². The minimum Gasteiger partial charge on any atom is -0.294 e. The molecule has 0 atom stereocenters. The Kier molecular flexibility index (Phi) is 17.7. The lowest BCUT2D eigenvalue weighted by Crippen LogP contribution is -2.13. The number of carbonyl (C=O) groups excluding carboxylic acids is 2. The molecule has 0 amide bonds. The minimum absolute atomic E-state index is 0.165. The third-order valence-electron chi connectivity index (χ3n) is 4.11. The van der Waals surface area contributed by atoms with Gasteiger partial charge >= 0.3 is 0 Å². The highest BCUT2D eigenvalue weighted by Gasteiger charge is 2.22. The molecule has 0 rings (SSSR count). The van der Waals surface area contributed by atoms with Gasteiger partial charge in [-0.25, -0.2) is 0 Å². The van der Waals surface area contributed by atoms with E-state index in [2.05, 4.69) is 18.2 Å². The van der Waals surface area contributed by atoms with Crippen LogP contribution in [-0.2, 0) is 9.59 Å². The maximum absolute atomic E-state index is 12.6. The standard InChI is InChI=1S/C25H31ClO2.CH3Cl/c1-8-11-14-22(10-3)18(4)24(20(6)27)25(21(7)28)19(5)23(15-12-9-2)16-13-17-26;1-2/h8-16H,3,17H2,1-2,4-7H3;1H3/b11-8-,12-9-,16-13-,22-14+,23-15+,24-18+,25-19+;. The Morgan fingerprint density at radius 1 is 0.800 bits per heavy atom. The van der Waals surface area contributed by atoms with E-state index in [-0.39, 0.29) is 11.6 Å². The quantitative estimate of drug-likeness (QED) is 0.195. The lowest BCUT2D eigenvalue weighted by atomic mass is 9.86. The topological polar surface area (TPSA) is 34.1 Å². The first-order valence-electron chi connectivity index (χ1n) is 9.60. The van der Waals surface area contributed by atoms with Crippen molar-refractivity contribution in [3.05, 3.63) is 94.7 Å². The molecule has 0 aliphatic heterocycles. The van der Waals surface area contributed by atoms with Crippen molar-refractivity contribution in [2.45, 2.75) is 41.5 Å². The van der Waals surface area contributed by atoms with E-state index >= 15 is 0 Å². The SMILES string of the molecule is C=CC(=C\C=C/C)/C(C)=C(C(C)=O)/C(C(C)=O)=C(C)/C(/C=C\CCl)=C/C=C\C.CCl. The van der Waals surface area contributed by atoms with Gasteiger partial charge in [0.2, 0.25) is 0 Å². The zero-order valence-corrected chi connectivity index (χ0v) is 20.7. The third-order valence-corrected chi connectivity index (χ3v) is 4.29. The summed E-state index contributed by atoms with van der Waals surface area (Å²) in [6.07, 6.45) is 18.2. The molecule has 164 valence electrons. The highest BCUT2D eigenvalue weighted by molar-refractivity contribution is 6.19. The Balaban J connectivity index is 0. The second-order valence-corrected chi connectivity index (χ2v) is 6.48. The van der Waals surface area contributed by atoms with Crippen LogP contribution in [0.2, 0.25) is 0 Å². The predicted octanol–water partition coefficient (Wildman–Crippen LogP) is 7.64. The second-order valence-electron chi connectivity index (χ2n) is 6.17. The van der Waals surface area contributed by atoms with E-state index in [9.17, 15) is 9.59 Å². The van der Waals surface area contributed by atoms with E-state index in [1.54, 1.807) is 6.08 Å². The van der Waals surface area contributed by atoms with Gasteiger partial charge in [-0.3, -0.25) is 9.59 Å². The number of Topliss-reactive ketones (excluding diaryl/α,β-unsaturated/α-hetero) is 2. The van der Waals surface area contributed by atoms with Crippen molar-refractivity contribution in [1.29, 1.82) is 0 Å². The van der Waals surface area contributed by atoms with Gasteiger partial charge in [0.25, 0.3) is 0 Å². The number of carbonyl (C=O) groups is 2. The smallest absolute Gasteiger partial charge is 0.160 e. The maximum atomic E-state index is 12.6. The third kappa shape index (κ3) is 10.0. The summed E-state index contributed by atoms with van der Waals surface area (Å²) in [6, 6.07) is 0. The molecule has 0 fully saturated rings. The molecule has 0 aromatic carbocycles. The molecule has 0 aromatic rings. The average Bonchev–Trinajstić information content (AvgIpc) is 2.72. The summed E-state index contributed by atoms with van der Waals surface area (Å²) in [5.74, 6) is 0.0286. The average molecular weight is 449 g/mol. The fourth-order valence-electron chi connectivity index (χ4n) is 2.77. The second kappa shape index (κ2) is 17.7. The molecule has 0 heterocycles. The first-order valence-corrected chi connectivity index (χ1v) is 10.9. The minimum atomic E-state index is -0.165. The van der Waals surface area contributed by atoms with Gasteiger partial charge in [0.05, 0.1) is 0 Å². The molecule has 0 saturated carbocycles. The Morgan fingerprint density at radius 2 is 1.20 bits per heavy atom. The van der Waals surface area contributed by atoms with Crippen molar-refractivity contribution >= 4 is 34.8 Å². The molecule has 0 radical (unpaired) electrons. The summed E-state index contributed by atoms with van der Waals surface area (Å²) in [5, 5.41) is 0. The zero-order chi connectivity index (χ0) is 23.7. The molecular formula is C26H34Cl2O2. The van der Waals surface area contributed by atoms with E-state index in [1.807, 2.05) is 76.3 Å². The highest BCUT2D eigenvalue weighted by atomic mass is 35.5. The number of rotatable bonds is 10. The zero-order valence-electron chi connectivity index (χ0n) is 19.2. The lowest BCUT2D eigenvalue weighted by molar-refractivity contribution is -0.116. The highest BCUT2D eigenvalue weighted by Crippen LogP contribution is 2.29. The molecule has 2 nitrogen and oxygen atoms in total. The number of ketones is 2. The Bertz CT molecular complexity index is 814. The van der Waals surface area contributed by atoms with Crippen LogP contribution in [0, 0.1) is 0 Å². The van der Waals surface area contributed by atoms with Crippen LogP contribution in [0.5, 0.6) is 0 Å². The van der Waals surface area contributed by atoms with Gasteiger partial charge in [0.15, 0.2) is 11.6 Å². The number of hydrogen-bond donors (Lipinski definition) is 0. The normalized spacial score (nSPS) is 14.4. The molecule has 0 N–H and O–H groups in total. The van der Waals surface area contributed by atoms with Gasteiger partial charge in [-0.15, -0.1) is 23.2 Å². The van der Waals surface area contributed by atoms with Crippen LogP contribution in [0.1, 0.15) is 41.5 Å². The van der Waals surface area contributed by atoms with Crippen LogP contribution in [0.4, 0.5) is 0 Å². The molecule has 0 unspecified atom stereocenters. The molecule has 0 spiro atoms. The molecule has 0 bridgehead atoms. The van der Waals surface area contributed by atoms with Gasteiger partial charge in [-0.2, -0.15) is 0 Å². The van der Waals surface area contributed by atoms with Crippen LogP contribution >= 0.6 is 23.2 Å². The lowest BCUT2D eigenvalue weighted by Gasteiger charge is -2.16. The first-order chi connectivity index (χ1) is 14.3. The number of halogens is 2. The monoisotopic (exact) mass is 448 g/mol. The van der Waals surface area contributed by atoms with Crippen molar-refractivity contribution in [2.24, 2.45) is 0 Å². The largest absolute Gasteiger partial charge is 0.294 e. The van der Waals surface area contributed by atoms with E-state index in [4.69, 9.17) is 11.6 Å². The summed E-state index contributed by atoms with van der Waals surface area (Å²) in [6.45, 7) is 14.3. The predicted molar refractivity (Wildman–Crippen MR) is 134 cm³/mol.